The highest BCUT2D eigenvalue weighted by molar-refractivity contribution is 5.40. The normalized spacial score (nSPS) is 20.9. The second-order valence-electron chi connectivity index (χ2n) is 5.15. The molecular formula is C15H22N2O2. The van der Waals surface area contributed by atoms with Crippen molar-refractivity contribution in [3.05, 3.63) is 29.3 Å². The van der Waals surface area contributed by atoms with Gasteiger partial charge in [-0.25, -0.2) is 10.4 Å². The fourth-order valence-corrected chi connectivity index (χ4v) is 2.74. The number of hydrogen-bond donors (Lipinski definition) is 1. The van der Waals surface area contributed by atoms with Gasteiger partial charge in [-0.15, -0.1) is 0 Å². The van der Waals surface area contributed by atoms with Crippen molar-refractivity contribution >= 4 is 0 Å². The zero-order valence-corrected chi connectivity index (χ0v) is 11.5. The van der Waals surface area contributed by atoms with Crippen molar-refractivity contribution < 1.29 is 9.47 Å². The van der Waals surface area contributed by atoms with Gasteiger partial charge in [0.25, 0.3) is 0 Å². The molecule has 1 fully saturated rings. The van der Waals surface area contributed by atoms with E-state index in [0.717, 1.165) is 51.5 Å². The number of benzene rings is 1. The number of rotatable bonds is 4. The summed E-state index contributed by atoms with van der Waals surface area (Å²) in [5, 5.41) is 2.28. The van der Waals surface area contributed by atoms with E-state index in [-0.39, 0.29) is 0 Å². The van der Waals surface area contributed by atoms with Crippen LogP contribution in [0.5, 0.6) is 5.75 Å². The van der Waals surface area contributed by atoms with E-state index >= 15 is 0 Å². The summed E-state index contributed by atoms with van der Waals surface area (Å²) in [4.78, 5) is 0. The van der Waals surface area contributed by atoms with Gasteiger partial charge < -0.3 is 9.47 Å². The lowest BCUT2D eigenvalue weighted by molar-refractivity contribution is 0.00298. The van der Waals surface area contributed by atoms with Crippen LogP contribution in [0.15, 0.2) is 18.2 Å². The fourth-order valence-electron chi connectivity index (χ4n) is 2.74. The Labute approximate surface area is 114 Å². The molecule has 2 aliphatic rings. The van der Waals surface area contributed by atoms with Crippen LogP contribution in [0.3, 0.4) is 0 Å². The van der Waals surface area contributed by atoms with E-state index in [9.17, 15) is 0 Å². The van der Waals surface area contributed by atoms with Crippen LogP contribution >= 0.6 is 0 Å². The average Bonchev–Trinajstić information content (AvgIpc) is 2.93. The Morgan fingerprint density at radius 2 is 2.11 bits per heavy atom. The first-order chi connectivity index (χ1) is 9.36. The van der Waals surface area contributed by atoms with Crippen LogP contribution in [0.2, 0.25) is 0 Å². The molecule has 2 aliphatic heterocycles. The summed E-state index contributed by atoms with van der Waals surface area (Å²) in [5.41, 5.74) is 6.33. The highest BCUT2D eigenvalue weighted by atomic mass is 16.5. The van der Waals surface area contributed by atoms with Crippen LogP contribution in [-0.2, 0) is 11.2 Å². The third kappa shape index (κ3) is 2.91. The summed E-state index contributed by atoms with van der Waals surface area (Å²) in [7, 11) is 0. The summed E-state index contributed by atoms with van der Waals surface area (Å²) >= 11 is 0. The molecule has 2 heterocycles. The monoisotopic (exact) mass is 262 g/mol. The maximum atomic E-state index is 5.57. The van der Waals surface area contributed by atoms with Crippen molar-refractivity contribution in [2.24, 2.45) is 0 Å². The third-order valence-electron chi connectivity index (χ3n) is 3.87. The van der Waals surface area contributed by atoms with Gasteiger partial charge in [-0.3, -0.25) is 0 Å². The molecule has 0 radical (unpaired) electrons. The molecule has 104 valence electrons. The SMILES string of the molecule is CCC(NN1CCOCC1)c1ccc2c(c1)CCO2. The van der Waals surface area contributed by atoms with Crippen molar-refractivity contribution in [2.75, 3.05) is 32.9 Å². The number of nitrogens with zero attached hydrogens (tertiary/aromatic N) is 1. The van der Waals surface area contributed by atoms with E-state index < -0.39 is 0 Å². The molecule has 0 saturated carbocycles. The average molecular weight is 262 g/mol. The molecule has 4 heteroatoms. The van der Waals surface area contributed by atoms with Crippen LogP contribution in [0.4, 0.5) is 0 Å². The quantitative estimate of drug-likeness (QED) is 0.898. The highest BCUT2D eigenvalue weighted by Gasteiger charge is 2.19. The highest BCUT2D eigenvalue weighted by Crippen LogP contribution is 2.29. The molecule has 0 spiro atoms. The van der Waals surface area contributed by atoms with Crippen LogP contribution in [0, 0.1) is 0 Å². The van der Waals surface area contributed by atoms with Crippen LogP contribution in [0.25, 0.3) is 0 Å². The molecule has 4 nitrogen and oxygen atoms in total. The standard InChI is InChI=1S/C15H22N2O2/c1-2-14(16-17-6-9-18-10-7-17)12-3-4-15-13(11-12)5-8-19-15/h3-4,11,14,16H,2,5-10H2,1H3. The Balaban J connectivity index is 1.70. The van der Waals surface area contributed by atoms with Crippen molar-refractivity contribution in [3.8, 4) is 5.75 Å². The number of fused-ring (bicyclic) bond motifs is 1. The Morgan fingerprint density at radius 1 is 1.26 bits per heavy atom. The van der Waals surface area contributed by atoms with Gasteiger partial charge in [0.05, 0.1) is 19.8 Å². The minimum atomic E-state index is 0.379. The minimum absolute atomic E-state index is 0.379. The van der Waals surface area contributed by atoms with Gasteiger partial charge in [0.15, 0.2) is 0 Å². The zero-order valence-electron chi connectivity index (χ0n) is 11.5. The van der Waals surface area contributed by atoms with Crippen LogP contribution in [-0.4, -0.2) is 37.9 Å². The summed E-state index contributed by atoms with van der Waals surface area (Å²) in [6.45, 7) is 6.62. The number of hydrogen-bond acceptors (Lipinski definition) is 4. The van der Waals surface area contributed by atoms with E-state index in [1.165, 1.54) is 11.1 Å². The molecule has 1 unspecified atom stereocenters. The molecule has 0 aliphatic carbocycles. The first-order valence-electron chi connectivity index (χ1n) is 7.21. The predicted molar refractivity (Wildman–Crippen MR) is 74.2 cm³/mol. The maximum Gasteiger partial charge on any atom is 0.122 e. The summed E-state index contributed by atoms with van der Waals surface area (Å²) in [5.74, 6) is 1.06. The molecule has 0 aromatic heterocycles. The Hall–Kier alpha value is -1.10. The lowest BCUT2D eigenvalue weighted by Gasteiger charge is -2.31. The Kier molecular flexibility index (Phi) is 4.01. The summed E-state index contributed by atoms with van der Waals surface area (Å²) in [6, 6.07) is 6.97. The van der Waals surface area contributed by atoms with E-state index in [4.69, 9.17) is 9.47 Å². The largest absolute Gasteiger partial charge is 0.493 e. The lowest BCUT2D eigenvalue weighted by atomic mass is 10.0. The van der Waals surface area contributed by atoms with E-state index in [0.29, 0.717) is 6.04 Å². The molecule has 1 saturated heterocycles. The molecular weight excluding hydrogens is 240 g/mol. The smallest absolute Gasteiger partial charge is 0.122 e. The molecule has 1 atom stereocenters. The third-order valence-corrected chi connectivity index (χ3v) is 3.87. The van der Waals surface area contributed by atoms with Gasteiger partial charge in [-0.05, 0) is 23.6 Å². The Bertz CT molecular complexity index is 430. The van der Waals surface area contributed by atoms with E-state index in [1.54, 1.807) is 0 Å². The second-order valence-corrected chi connectivity index (χ2v) is 5.15. The number of nitrogens with one attached hydrogen (secondary N) is 1. The molecule has 1 aromatic carbocycles. The molecule has 1 aromatic rings. The van der Waals surface area contributed by atoms with Gasteiger partial charge in [-0.2, -0.15) is 0 Å². The number of ether oxygens (including phenoxy) is 2. The number of morpholine rings is 1. The van der Waals surface area contributed by atoms with Gasteiger partial charge in [0.2, 0.25) is 0 Å². The summed E-state index contributed by atoms with van der Waals surface area (Å²) < 4.78 is 11.0. The number of hydrazine groups is 1. The van der Waals surface area contributed by atoms with Gasteiger partial charge in [0.1, 0.15) is 5.75 Å². The Morgan fingerprint density at radius 3 is 2.89 bits per heavy atom. The van der Waals surface area contributed by atoms with Crippen LogP contribution < -0.4 is 10.2 Å². The van der Waals surface area contributed by atoms with Crippen molar-refractivity contribution in [2.45, 2.75) is 25.8 Å². The first-order valence-corrected chi connectivity index (χ1v) is 7.21. The van der Waals surface area contributed by atoms with Crippen molar-refractivity contribution in [1.82, 2.24) is 10.4 Å². The van der Waals surface area contributed by atoms with Gasteiger partial charge in [0, 0.05) is 25.6 Å². The fraction of sp³-hybridized carbons (Fsp3) is 0.600. The first kappa shape index (κ1) is 12.9. The molecule has 0 bridgehead atoms. The molecule has 3 rings (SSSR count). The molecule has 19 heavy (non-hydrogen) atoms. The van der Waals surface area contributed by atoms with E-state index in [1.807, 2.05) is 0 Å². The second kappa shape index (κ2) is 5.90. The van der Waals surface area contributed by atoms with Crippen molar-refractivity contribution in [3.63, 3.8) is 0 Å². The minimum Gasteiger partial charge on any atom is -0.493 e. The maximum absolute atomic E-state index is 5.57. The van der Waals surface area contributed by atoms with Gasteiger partial charge >= 0.3 is 0 Å². The molecule has 0 amide bonds. The van der Waals surface area contributed by atoms with Crippen molar-refractivity contribution in [1.29, 1.82) is 0 Å². The molecule has 1 N–H and O–H groups in total. The zero-order chi connectivity index (χ0) is 13.1. The van der Waals surface area contributed by atoms with Crippen LogP contribution in [0.1, 0.15) is 30.5 Å². The van der Waals surface area contributed by atoms with E-state index in [2.05, 4.69) is 35.6 Å². The topological polar surface area (TPSA) is 33.7 Å². The van der Waals surface area contributed by atoms with Gasteiger partial charge in [-0.1, -0.05) is 19.1 Å². The lowest BCUT2D eigenvalue weighted by Crippen LogP contribution is -2.47. The summed E-state index contributed by atoms with van der Waals surface area (Å²) in [6.07, 6.45) is 2.12. The predicted octanol–water partition coefficient (Wildman–Crippen LogP) is 1.91.